The Bertz CT molecular complexity index is 811. The summed E-state index contributed by atoms with van der Waals surface area (Å²) in [7, 11) is 0. The topological polar surface area (TPSA) is 61.4 Å². The van der Waals surface area contributed by atoms with Crippen LogP contribution in [-0.4, -0.2) is 29.4 Å². The molecule has 0 spiro atoms. The molecule has 1 saturated carbocycles. The molecular formula is C20H23N3O2S. The average molecular weight is 369 g/mol. The van der Waals surface area contributed by atoms with Crippen molar-refractivity contribution in [3.05, 3.63) is 51.7 Å². The number of carbonyl (C=O) groups is 2. The Kier molecular flexibility index (Phi) is 4.68. The molecule has 1 aromatic heterocycles. The zero-order valence-corrected chi connectivity index (χ0v) is 15.6. The summed E-state index contributed by atoms with van der Waals surface area (Å²) in [4.78, 5) is 28.2. The Labute approximate surface area is 157 Å². The summed E-state index contributed by atoms with van der Waals surface area (Å²) in [5.41, 5.74) is 2.66. The van der Waals surface area contributed by atoms with Crippen molar-refractivity contribution in [1.82, 2.24) is 10.2 Å². The maximum atomic E-state index is 13.0. The number of carbonyl (C=O) groups excluding carboxylic acids is 2. The van der Waals surface area contributed by atoms with E-state index < -0.39 is 0 Å². The van der Waals surface area contributed by atoms with Crippen LogP contribution in [0.1, 0.15) is 53.0 Å². The molecular weight excluding hydrogens is 346 g/mol. The highest BCUT2D eigenvalue weighted by atomic mass is 32.1. The molecule has 3 amide bonds. The van der Waals surface area contributed by atoms with Gasteiger partial charge in [0.25, 0.3) is 5.91 Å². The molecule has 0 radical (unpaired) electrons. The fraction of sp³-hybridized carbons (Fsp3) is 0.400. The summed E-state index contributed by atoms with van der Waals surface area (Å²) in [5.74, 6) is 0.0580. The first-order valence-corrected chi connectivity index (χ1v) is 10.1. The van der Waals surface area contributed by atoms with Crippen molar-refractivity contribution in [2.75, 3.05) is 11.9 Å². The monoisotopic (exact) mass is 369 g/mol. The van der Waals surface area contributed by atoms with Crippen LogP contribution < -0.4 is 10.6 Å². The molecule has 0 bridgehead atoms. The van der Waals surface area contributed by atoms with E-state index in [0.29, 0.717) is 17.3 Å². The summed E-state index contributed by atoms with van der Waals surface area (Å²) >= 11 is 1.79. The van der Waals surface area contributed by atoms with Gasteiger partial charge >= 0.3 is 6.03 Å². The number of thiophene rings is 1. The molecule has 2 N–H and O–H groups in total. The van der Waals surface area contributed by atoms with Gasteiger partial charge < -0.3 is 15.5 Å². The van der Waals surface area contributed by atoms with Crippen LogP contribution in [0.25, 0.3) is 0 Å². The number of urea groups is 1. The van der Waals surface area contributed by atoms with E-state index in [1.807, 2.05) is 4.90 Å². The van der Waals surface area contributed by atoms with Gasteiger partial charge in [0.15, 0.2) is 0 Å². The van der Waals surface area contributed by atoms with Crippen molar-refractivity contribution in [2.45, 2.75) is 44.7 Å². The Morgan fingerprint density at radius 2 is 1.96 bits per heavy atom. The Morgan fingerprint density at radius 1 is 1.19 bits per heavy atom. The van der Waals surface area contributed by atoms with Crippen molar-refractivity contribution < 1.29 is 9.59 Å². The van der Waals surface area contributed by atoms with Gasteiger partial charge in [-0.25, -0.2) is 4.79 Å². The summed E-state index contributed by atoms with van der Waals surface area (Å²) < 4.78 is 0. The van der Waals surface area contributed by atoms with Gasteiger partial charge in [-0.2, -0.15) is 0 Å². The Hall–Kier alpha value is -2.34. The van der Waals surface area contributed by atoms with Crippen LogP contribution >= 0.6 is 11.3 Å². The average Bonchev–Trinajstić information content (AvgIpc) is 3.32. The van der Waals surface area contributed by atoms with Crippen LogP contribution in [0.3, 0.4) is 0 Å². The van der Waals surface area contributed by atoms with E-state index in [1.165, 1.54) is 10.4 Å². The van der Waals surface area contributed by atoms with Crippen LogP contribution in [0.2, 0.25) is 0 Å². The summed E-state index contributed by atoms with van der Waals surface area (Å²) in [6.45, 7) is 2.89. The number of nitrogens with zero attached hydrogens (tertiary/aromatic N) is 1. The van der Waals surface area contributed by atoms with E-state index in [9.17, 15) is 9.59 Å². The molecule has 1 atom stereocenters. The van der Waals surface area contributed by atoms with E-state index in [2.05, 4.69) is 29.0 Å². The molecule has 1 aliphatic heterocycles. The number of nitrogens with one attached hydrogen (secondary N) is 2. The van der Waals surface area contributed by atoms with E-state index in [4.69, 9.17) is 0 Å². The quantitative estimate of drug-likeness (QED) is 0.849. The molecule has 2 aromatic rings. The fourth-order valence-electron chi connectivity index (χ4n) is 3.52. The Balaban J connectivity index is 1.45. The molecule has 1 aromatic carbocycles. The summed E-state index contributed by atoms with van der Waals surface area (Å²) in [5, 5.41) is 7.82. The number of amides is 3. The van der Waals surface area contributed by atoms with Gasteiger partial charge in [-0.15, -0.1) is 11.3 Å². The fourth-order valence-corrected chi connectivity index (χ4v) is 4.45. The maximum absolute atomic E-state index is 13.0. The second-order valence-corrected chi connectivity index (χ2v) is 7.92. The zero-order chi connectivity index (χ0) is 18.1. The molecule has 0 saturated heterocycles. The van der Waals surface area contributed by atoms with Crippen molar-refractivity contribution in [3.63, 3.8) is 0 Å². The molecule has 0 unspecified atom stereocenters. The highest BCUT2D eigenvalue weighted by Gasteiger charge is 2.30. The number of fused-ring (bicyclic) bond motifs is 1. The normalized spacial score (nSPS) is 19.0. The maximum Gasteiger partial charge on any atom is 0.319 e. The van der Waals surface area contributed by atoms with Gasteiger partial charge in [0.1, 0.15) is 0 Å². The van der Waals surface area contributed by atoms with E-state index in [-0.39, 0.29) is 18.0 Å². The minimum atomic E-state index is -0.182. The lowest BCUT2D eigenvalue weighted by Gasteiger charge is -2.35. The largest absolute Gasteiger partial charge is 0.335 e. The SMILES string of the molecule is CC[C@H]1c2ccsc2CCN1C(=O)c1ccc(NC(=O)NC2CC2)cc1. The first-order valence-electron chi connectivity index (χ1n) is 9.20. The second-order valence-electron chi connectivity index (χ2n) is 6.92. The third kappa shape index (κ3) is 3.46. The van der Waals surface area contributed by atoms with E-state index in [0.717, 1.165) is 32.2 Å². The van der Waals surface area contributed by atoms with Crippen LogP contribution in [0.4, 0.5) is 10.5 Å². The number of anilines is 1. The van der Waals surface area contributed by atoms with Gasteiger partial charge in [0.05, 0.1) is 6.04 Å². The van der Waals surface area contributed by atoms with Gasteiger partial charge in [0, 0.05) is 28.7 Å². The number of rotatable bonds is 4. The molecule has 4 rings (SSSR count). The lowest BCUT2D eigenvalue weighted by molar-refractivity contribution is 0.0657. The molecule has 5 nitrogen and oxygen atoms in total. The van der Waals surface area contributed by atoms with E-state index >= 15 is 0 Å². The third-order valence-electron chi connectivity index (χ3n) is 5.04. The second kappa shape index (κ2) is 7.11. The van der Waals surface area contributed by atoms with Crippen LogP contribution in [0.5, 0.6) is 0 Å². The molecule has 1 fully saturated rings. The highest BCUT2D eigenvalue weighted by Crippen LogP contribution is 2.36. The van der Waals surface area contributed by atoms with E-state index in [1.54, 1.807) is 35.6 Å². The molecule has 2 aliphatic rings. The minimum Gasteiger partial charge on any atom is -0.335 e. The van der Waals surface area contributed by atoms with Crippen molar-refractivity contribution in [2.24, 2.45) is 0 Å². The number of benzene rings is 1. The molecule has 1 aliphatic carbocycles. The minimum absolute atomic E-state index is 0.0580. The lowest BCUT2D eigenvalue weighted by atomic mass is 9.97. The van der Waals surface area contributed by atoms with Gasteiger partial charge in [-0.3, -0.25) is 4.79 Å². The predicted molar refractivity (Wildman–Crippen MR) is 104 cm³/mol. The standard InChI is InChI=1S/C20H23N3O2S/c1-2-17-16-10-12-26-18(16)9-11-23(17)19(24)13-3-5-14(6-4-13)21-20(25)22-15-7-8-15/h3-6,10,12,15,17H,2,7-9,11H2,1H3,(H2,21,22,25)/t17-/m0/s1. The third-order valence-corrected chi connectivity index (χ3v) is 6.04. The molecule has 136 valence electrons. The molecule has 2 heterocycles. The van der Waals surface area contributed by atoms with Crippen molar-refractivity contribution >= 4 is 29.0 Å². The van der Waals surface area contributed by atoms with Crippen LogP contribution in [-0.2, 0) is 6.42 Å². The highest BCUT2D eigenvalue weighted by molar-refractivity contribution is 7.10. The predicted octanol–water partition coefficient (Wildman–Crippen LogP) is 4.18. The smallest absolute Gasteiger partial charge is 0.319 e. The lowest BCUT2D eigenvalue weighted by Crippen LogP contribution is -2.39. The first kappa shape index (κ1) is 17.1. The summed E-state index contributed by atoms with van der Waals surface area (Å²) in [6, 6.07) is 9.62. The van der Waals surface area contributed by atoms with Gasteiger partial charge in [-0.05, 0) is 67.0 Å². The molecule has 26 heavy (non-hydrogen) atoms. The zero-order valence-electron chi connectivity index (χ0n) is 14.8. The van der Waals surface area contributed by atoms with Gasteiger partial charge in [-0.1, -0.05) is 6.92 Å². The van der Waals surface area contributed by atoms with Crippen molar-refractivity contribution in [1.29, 1.82) is 0 Å². The van der Waals surface area contributed by atoms with Gasteiger partial charge in [0.2, 0.25) is 0 Å². The number of hydrogen-bond acceptors (Lipinski definition) is 3. The summed E-state index contributed by atoms with van der Waals surface area (Å²) in [6.07, 6.45) is 3.95. The van der Waals surface area contributed by atoms with Crippen LogP contribution in [0, 0.1) is 0 Å². The Morgan fingerprint density at radius 3 is 2.65 bits per heavy atom. The van der Waals surface area contributed by atoms with Crippen LogP contribution in [0.15, 0.2) is 35.7 Å². The molecule has 6 heteroatoms. The first-order chi connectivity index (χ1) is 12.7. The van der Waals surface area contributed by atoms with Crippen molar-refractivity contribution in [3.8, 4) is 0 Å². The number of hydrogen-bond donors (Lipinski definition) is 2.